The lowest BCUT2D eigenvalue weighted by molar-refractivity contribution is -0.320. The maximum atomic E-state index is 11.6. The molecule has 0 amide bonds. The second-order valence-corrected chi connectivity index (χ2v) is 2.17. The van der Waals surface area contributed by atoms with E-state index in [-0.39, 0.29) is 0 Å². The van der Waals surface area contributed by atoms with Crippen LogP contribution < -0.4 is 0 Å². The Morgan fingerprint density at radius 3 is 1.71 bits per heavy atom. The summed E-state index contributed by atoms with van der Waals surface area (Å²) < 4.78 is 73.0. The lowest BCUT2D eigenvalue weighted by Gasteiger charge is -2.22. The number of carbonyl (C=O) groups is 1. The number of aliphatic carboxylic acids is 1. The highest BCUT2D eigenvalue weighted by molar-refractivity contribution is 5.68. The minimum Gasteiger partial charge on any atom is -0.480 e. The van der Waals surface area contributed by atoms with E-state index in [0.29, 0.717) is 0 Å². The molecule has 0 aliphatic rings. The third-order valence-electron chi connectivity index (χ3n) is 0.968. The number of halogens is 6. The second kappa shape index (κ2) is 4.03. The van der Waals surface area contributed by atoms with Crippen molar-refractivity contribution in [3.8, 4) is 0 Å². The predicted octanol–water partition coefficient (Wildman–Crippen LogP) is 1.58. The number of carboxylic acid groups (broad SMARTS) is 1. The van der Waals surface area contributed by atoms with Crippen LogP contribution in [0.5, 0.6) is 0 Å². The third kappa shape index (κ3) is 4.30. The summed E-state index contributed by atoms with van der Waals surface area (Å²) in [5.41, 5.74) is 0. The predicted molar refractivity (Wildman–Crippen MR) is 29.5 cm³/mol. The van der Waals surface area contributed by atoms with Crippen molar-refractivity contribution in [3.63, 3.8) is 0 Å². The van der Waals surface area contributed by atoms with Crippen LogP contribution in [0.3, 0.4) is 0 Å². The first-order chi connectivity index (χ1) is 6.05. The van der Waals surface area contributed by atoms with Crippen LogP contribution >= 0.6 is 0 Å². The molecule has 9 heteroatoms. The minimum atomic E-state index is -5.67. The molecule has 0 heterocycles. The molecule has 1 N–H and O–H groups in total. The zero-order valence-corrected chi connectivity index (χ0v) is 6.32. The van der Waals surface area contributed by atoms with E-state index in [2.05, 4.69) is 4.74 Å². The molecule has 0 rings (SSSR count). The topological polar surface area (TPSA) is 46.5 Å². The van der Waals surface area contributed by atoms with Crippen LogP contribution in [0.15, 0.2) is 0 Å². The van der Waals surface area contributed by atoms with E-state index in [1.165, 1.54) is 0 Å². The first kappa shape index (κ1) is 13.0. The average molecular weight is 226 g/mol. The standard InChI is InChI=1S/C5H4F6O3/c6-4(7,8)3(5(9,10)11)14-1-2(12)13/h3H,1H2,(H,12,13). The van der Waals surface area contributed by atoms with E-state index < -0.39 is 31.0 Å². The molecule has 0 aliphatic heterocycles. The number of ether oxygens (including phenoxy) is 1. The molecule has 0 bridgehead atoms. The van der Waals surface area contributed by atoms with E-state index in [4.69, 9.17) is 5.11 Å². The molecule has 0 aromatic carbocycles. The van der Waals surface area contributed by atoms with E-state index >= 15 is 0 Å². The molecule has 14 heavy (non-hydrogen) atoms. The highest BCUT2D eigenvalue weighted by Gasteiger charge is 2.58. The molecule has 0 saturated carbocycles. The lowest BCUT2D eigenvalue weighted by atomic mass is 10.3. The Labute approximate surface area is 73.3 Å². The highest BCUT2D eigenvalue weighted by Crippen LogP contribution is 2.35. The van der Waals surface area contributed by atoms with Crippen LogP contribution in [-0.4, -0.2) is 36.1 Å². The number of hydrogen-bond donors (Lipinski definition) is 1. The van der Waals surface area contributed by atoms with Crippen LogP contribution in [0.1, 0.15) is 0 Å². The van der Waals surface area contributed by atoms with Gasteiger partial charge in [-0.05, 0) is 0 Å². The Hall–Kier alpha value is -0.990. The third-order valence-corrected chi connectivity index (χ3v) is 0.968. The average Bonchev–Trinajstić information content (AvgIpc) is 1.78. The van der Waals surface area contributed by atoms with Crippen molar-refractivity contribution in [2.24, 2.45) is 0 Å². The summed E-state index contributed by atoms with van der Waals surface area (Å²) in [5, 5.41) is 7.83. The van der Waals surface area contributed by atoms with E-state index in [0.717, 1.165) is 0 Å². The van der Waals surface area contributed by atoms with Crippen molar-refractivity contribution in [3.05, 3.63) is 0 Å². The molecule has 0 saturated heterocycles. The summed E-state index contributed by atoms with van der Waals surface area (Å²) >= 11 is 0. The number of alkyl halides is 6. The normalized spacial score (nSPS) is 13.4. The summed E-state index contributed by atoms with van der Waals surface area (Å²) in [7, 11) is 0. The van der Waals surface area contributed by atoms with Gasteiger partial charge in [0, 0.05) is 0 Å². The Balaban J connectivity index is 4.51. The Kier molecular flexibility index (Phi) is 3.74. The fraction of sp³-hybridized carbons (Fsp3) is 0.800. The summed E-state index contributed by atoms with van der Waals surface area (Å²) in [6.07, 6.45) is -15.4. The monoisotopic (exact) mass is 226 g/mol. The van der Waals surface area contributed by atoms with Gasteiger partial charge in [0.05, 0.1) is 0 Å². The number of carboxylic acids is 1. The van der Waals surface area contributed by atoms with Gasteiger partial charge in [-0.25, -0.2) is 4.79 Å². The molecule has 0 aromatic heterocycles. The minimum absolute atomic E-state index is 1.66. The summed E-state index contributed by atoms with van der Waals surface area (Å²) in [6, 6.07) is 0. The van der Waals surface area contributed by atoms with E-state index in [1.807, 2.05) is 0 Å². The number of rotatable bonds is 3. The highest BCUT2D eigenvalue weighted by atomic mass is 19.4. The molecule has 0 aliphatic carbocycles. The molecule has 0 unspecified atom stereocenters. The van der Waals surface area contributed by atoms with Gasteiger partial charge >= 0.3 is 18.3 Å². The van der Waals surface area contributed by atoms with E-state index in [1.54, 1.807) is 0 Å². The fourth-order valence-electron chi connectivity index (χ4n) is 0.529. The zero-order valence-electron chi connectivity index (χ0n) is 6.32. The number of hydrogen-bond acceptors (Lipinski definition) is 2. The molecule has 0 radical (unpaired) electrons. The first-order valence-electron chi connectivity index (χ1n) is 3.02. The van der Waals surface area contributed by atoms with Crippen molar-refractivity contribution in [1.82, 2.24) is 0 Å². The Morgan fingerprint density at radius 2 is 1.50 bits per heavy atom. The second-order valence-electron chi connectivity index (χ2n) is 2.17. The lowest BCUT2D eigenvalue weighted by Crippen LogP contribution is -2.45. The van der Waals surface area contributed by atoms with Gasteiger partial charge < -0.3 is 9.84 Å². The van der Waals surface area contributed by atoms with Gasteiger partial charge in [0.2, 0.25) is 6.10 Å². The molecule has 0 spiro atoms. The van der Waals surface area contributed by atoms with E-state index in [9.17, 15) is 31.1 Å². The van der Waals surface area contributed by atoms with Gasteiger partial charge in [0.15, 0.2) is 0 Å². The van der Waals surface area contributed by atoms with Crippen molar-refractivity contribution in [1.29, 1.82) is 0 Å². The molecular weight excluding hydrogens is 222 g/mol. The van der Waals surface area contributed by atoms with Gasteiger partial charge in [-0.15, -0.1) is 0 Å². The van der Waals surface area contributed by atoms with Gasteiger partial charge in [0.1, 0.15) is 6.61 Å². The van der Waals surface area contributed by atoms with Crippen LogP contribution in [-0.2, 0) is 9.53 Å². The Bertz CT molecular complexity index is 192. The molecule has 0 aromatic rings. The SMILES string of the molecule is O=C(O)COC(C(F)(F)F)C(F)(F)F. The maximum absolute atomic E-state index is 11.6. The van der Waals surface area contributed by atoms with Crippen LogP contribution in [0.2, 0.25) is 0 Å². The zero-order chi connectivity index (χ0) is 11.6. The first-order valence-corrected chi connectivity index (χ1v) is 3.02. The quantitative estimate of drug-likeness (QED) is 0.743. The largest absolute Gasteiger partial charge is 0.480 e. The van der Waals surface area contributed by atoms with Crippen molar-refractivity contribution >= 4 is 5.97 Å². The molecule has 0 atom stereocenters. The van der Waals surface area contributed by atoms with Crippen molar-refractivity contribution < 1.29 is 41.0 Å². The van der Waals surface area contributed by atoms with Gasteiger partial charge in [-0.1, -0.05) is 0 Å². The van der Waals surface area contributed by atoms with Gasteiger partial charge in [-0.3, -0.25) is 0 Å². The Morgan fingerprint density at radius 1 is 1.14 bits per heavy atom. The van der Waals surface area contributed by atoms with Crippen molar-refractivity contribution in [2.75, 3.05) is 6.61 Å². The summed E-state index contributed by atoms with van der Waals surface area (Å²) in [5.74, 6) is -1.91. The molecule has 84 valence electrons. The fourth-order valence-corrected chi connectivity index (χ4v) is 0.529. The molecule has 0 fully saturated rings. The summed E-state index contributed by atoms with van der Waals surface area (Å²) in [6.45, 7) is -1.66. The smallest absolute Gasteiger partial charge is 0.423 e. The van der Waals surface area contributed by atoms with Crippen LogP contribution in [0, 0.1) is 0 Å². The van der Waals surface area contributed by atoms with Gasteiger partial charge in [-0.2, -0.15) is 26.3 Å². The maximum Gasteiger partial charge on any atom is 0.423 e. The van der Waals surface area contributed by atoms with Crippen LogP contribution in [0.25, 0.3) is 0 Å². The van der Waals surface area contributed by atoms with Crippen molar-refractivity contribution in [2.45, 2.75) is 18.5 Å². The molecular formula is C5H4F6O3. The van der Waals surface area contributed by atoms with Crippen LogP contribution in [0.4, 0.5) is 26.3 Å². The van der Waals surface area contributed by atoms with Gasteiger partial charge in [0.25, 0.3) is 0 Å². The molecule has 3 nitrogen and oxygen atoms in total. The summed E-state index contributed by atoms with van der Waals surface area (Å²) in [4.78, 5) is 9.70.